The van der Waals surface area contributed by atoms with E-state index in [0.29, 0.717) is 12.5 Å². The number of rotatable bonds is 6. The van der Waals surface area contributed by atoms with Crippen LogP contribution in [0.3, 0.4) is 0 Å². The van der Waals surface area contributed by atoms with Crippen LogP contribution >= 0.6 is 11.6 Å². The van der Waals surface area contributed by atoms with E-state index in [1.807, 2.05) is 19.1 Å². The van der Waals surface area contributed by atoms with E-state index >= 15 is 0 Å². The summed E-state index contributed by atoms with van der Waals surface area (Å²) < 4.78 is 7.89. The zero-order valence-electron chi connectivity index (χ0n) is 11.7. The van der Waals surface area contributed by atoms with Crippen molar-refractivity contribution in [2.45, 2.75) is 39.3 Å². The van der Waals surface area contributed by atoms with Crippen molar-refractivity contribution in [3.8, 4) is 0 Å². The van der Waals surface area contributed by atoms with Gasteiger partial charge in [-0.05, 0) is 32.9 Å². The molecule has 0 amide bonds. The van der Waals surface area contributed by atoms with E-state index in [9.17, 15) is 0 Å². The second-order valence-corrected chi connectivity index (χ2v) is 5.47. The van der Waals surface area contributed by atoms with Gasteiger partial charge in [0.25, 0.3) is 0 Å². The third kappa shape index (κ3) is 3.25. The minimum absolute atomic E-state index is 0.249. The summed E-state index contributed by atoms with van der Waals surface area (Å²) in [6.07, 6.45) is 2.53. The third-order valence-corrected chi connectivity index (χ3v) is 3.16. The largest absolute Gasteiger partial charge is 0.374 e. The summed E-state index contributed by atoms with van der Waals surface area (Å²) in [6, 6.07) is 3.88. The smallest absolute Gasteiger partial charge is 0.160 e. The Hall–Kier alpha value is -1.13. The summed E-state index contributed by atoms with van der Waals surface area (Å²) >= 11 is 5.86. The molecule has 0 saturated carbocycles. The molecule has 0 spiro atoms. The molecule has 0 aliphatic heterocycles. The fourth-order valence-electron chi connectivity index (χ4n) is 2.26. The quantitative estimate of drug-likeness (QED) is 0.764. The predicted molar refractivity (Wildman–Crippen MR) is 77.7 cm³/mol. The summed E-state index contributed by atoms with van der Waals surface area (Å²) in [5, 5.41) is 0. The van der Waals surface area contributed by atoms with Gasteiger partial charge in [-0.25, -0.2) is 9.97 Å². The Bertz CT molecular complexity index is 551. The van der Waals surface area contributed by atoms with Crippen molar-refractivity contribution in [3.63, 3.8) is 0 Å². The number of imidazole rings is 1. The summed E-state index contributed by atoms with van der Waals surface area (Å²) in [5.41, 5.74) is 1.56. The number of pyridine rings is 1. The van der Waals surface area contributed by atoms with Crippen molar-refractivity contribution in [1.29, 1.82) is 0 Å². The van der Waals surface area contributed by atoms with Crippen molar-refractivity contribution in [2.24, 2.45) is 0 Å². The zero-order valence-corrected chi connectivity index (χ0v) is 12.4. The molecule has 0 aromatic carbocycles. The molecule has 0 saturated heterocycles. The molecular formula is C14H20ClN3O. The molecule has 0 aliphatic rings. The van der Waals surface area contributed by atoms with Gasteiger partial charge in [-0.2, -0.15) is 0 Å². The first-order chi connectivity index (χ1) is 9.07. The maximum Gasteiger partial charge on any atom is 0.160 e. The van der Waals surface area contributed by atoms with Crippen LogP contribution in [0.15, 0.2) is 18.3 Å². The van der Waals surface area contributed by atoms with Gasteiger partial charge in [0.15, 0.2) is 5.65 Å². The van der Waals surface area contributed by atoms with E-state index in [0.717, 1.165) is 30.0 Å². The molecule has 0 atom stereocenters. The molecular weight excluding hydrogens is 262 g/mol. The molecule has 19 heavy (non-hydrogen) atoms. The Labute approximate surface area is 118 Å². The van der Waals surface area contributed by atoms with Crippen LogP contribution in [-0.4, -0.2) is 32.6 Å². The number of nitrogens with zero attached hydrogens (tertiary/aromatic N) is 3. The van der Waals surface area contributed by atoms with E-state index in [-0.39, 0.29) is 5.60 Å². The van der Waals surface area contributed by atoms with E-state index in [1.54, 1.807) is 6.20 Å². The number of ether oxygens (including phenoxy) is 1. The molecule has 104 valence electrons. The first-order valence-electron chi connectivity index (χ1n) is 6.57. The Morgan fingerprint density at radius 2 is 2.21 bits per heavy atom. The molecule has 2 rings (SSSR count). The van der Waals surface area contributed by atoms with E-state index in [4.69, 9.17) is 16.3 Å². The van der Waals surface area contributed by atoms with Gasteiger partial charge < -0.3 is 9.30 Å². The Morgan fingerprint density at radius 3 is 2.89 bits per heavy atom. The highest BCUT2D eigenvalue weighted by molar-refractivity contribution is 6.17. The maximum atomic E-state index is 5.86. The molecule has 2 heterocycles. The standard InChI is InChI=1S/C14H20ClN3O/c1-4-19-14(2,3)10-18-12(7-8-15)17-11-6-5-9-16-13(11)18/h5-6,9H,4,7-8,10H2,1-3H3. The third-order valence-electron chi connectivity index (χ3n) is 2.97. The zero-order chi connectivity index (χ0) is 13.9. The fourth-order valence-corrected chi connectivity index (χ4v) is 2.43. The first kappa shape index (κ1) is 14.3. The summed E-state index contributed by atoms with van der Waals surface area (Å²) in [6.45, 7) is 7.58. The summed E-state index contributed by atoms with van der Waals surface area (Å²) in [5.74, 6) is 1.52. The lowest BCUT2D eigenvalue weighted by molar-refractivity contribution is -0.0222. The molecule has 0 radical (unpaired) electrons. The predicted octanol–water partition coefficient (Wildman–Crippen LogP) is 3.03. The molecule has 0 fully saturated rings. The number of alkyl halides is 1. The minimum Gasteiger partial charge on any atom is -0.374 e. The number of aryl methyl sites for hydroxylation is 1. The van der Waals surface area contributed by atoms with Gasteiger partial charge in [0.1, 0.15) is 11.3 Å². The van der Waals surface area contributed by atoms with Gasteiger partial charge >= 0.3 is 0 Å². The van der Waals surface area contributed by atoms with Gasteiger partial charge in [0.2, 0.25) is 0 Å². The second-order valence-electron chi connectivity index (χ2n) is 5.09. The van der Waals surface area contributed by atoms with Gasteiger partial charge in [-0.3, -0.25) is 0 Å². The normalized spacial score (nSPS) is 12.2. The number of hydrogen-bond acceptors (Lipinski definition) is 3. The van der Waals surface area contributed by atoms with Gasteiger partial charge in [0.05, 0.1) is 12.1 Å². The lowest BCUT2D eigenvalue weighted by Crippen LogP contribution is -2.31. The highest BCUT2D eigenvalue weighted by Crippen LogP contribution is 2.20. The van der Waals surface area contributed by atoms with Crippen LogP contribution in [0, 0.1) is 0 Å². The molecule has 0 unspecified atom stereocenters. The topological polar surface area (TPSA) is 39.9 Å². The van der Waals surface area contributed by atoms with Gasteiger partial charge in [-0.15, -0.1) is 11.6 Å². The van der Waals surface area contributed by atoms with E-state index < -0.39 is 0 Å². The van der Waals surface area contributed by atoms with E-state index in [1.165, 1.54) is 0 Å². The molecule has 4 nitrogen and oxygen atoms in total. The molecule has 0 N–H and O–H groups in total. The molecule has 5 heteroatoms. The molecule has 0 aliphatic carbocycles. The highest BCUT2D eigenvalue weighted by Gasteiger charge is 2.22. The first-order valence-corrected chi connectivity index (χ1v) is 7.11. The fraction of sp³-hybridized carbons (Fsp3) is 0.571. The van der Waals surface area contributed by atoms with Crippen LogP contribution in [-0.2, 0) is 17.7 Å². The Balaban J connectivity index is 2.41. The van der Waals surface area contributed by atoms with Crippen molar-refractivity contribution in [3.05, 3.63) is 24.2 Å². The number of halogens is 1. The average Bonchev–Trinajstić information content (AvgIpc) is 2.68. The van der Waals surface area contributed by atoms with Crippen molar-refractivity contribution in [1.82, 2.24) is 14.5 Å². The minimum atomic E-state index is -0.249. The van der Waals surface area contributed by atoms with Crippen LogP contribution in [0.1, 0.15) is 26.6 Å². The van der Waals surface area contributed by atoms with Crippen molar-refractivity contribution < 1.29 is 4.74 Å². The Kier molecular flexibility index (Phi) is 4.42. The SMILES string of the molecule is CCOC(C)(C)Cn1c(CCCl)nc2cccnc21. The van der Waals surface area contributed by atoms with Crippen molar-refractivity contribution in [2.75, 3.05) is 12.5 Å². The monoisotopic (exact) mass is 281 g/mol. The van der Waals surface area contributed by atoms with Crippen LogP contribution < -0.4 is 0 Å². The number of aromatic nitrogens is 3. The lowest BCUT2D eigenvalue weighted by Gasteiger charge is -2.26. The average molecular weight is 282 g/mol. The van der Waals surface area contributed by atoms with Crippen LogP contribution in [0.25, 0.3) is 11.2 Å². The lowest BCUT2D eigenvalue weighted by atomic mass is 10.1. The Morgan fingerprint density at radius 1 is 1.42 bits per heavy atom. The maximum absolute atomic E-state index is 5.86. The van der Waals surface area contributed by atoms with E-state index in [2.05, 4.69) is 28.4 Å². The molecule has 2 aromatic heterocycles. The van der Waals surface area contributed by atoms with Crippen molar-refractivity contribution >= 4 is 22.8 Å². The van der Waals surface area contributed by atoms with Crippen LogP contribution in [0.2, 0.25) is 0 Å². The molecule has 0 bridgehead atoms. The highest BCUT2D eigenvalue weighted by atomic mass is 35.5. The summed E-state index contributed by atoms with van der Waals surface area (Å²) in [7, 11) is 0. The summed E-state index contributed by atoms with van der Waals surface area (Å²) in [4.78, 5) is 9.04. The number of hydrogen-bond donors (Lipinski definition) is 0. The molecule has 2 aromatic rings. The van der Waals surface area contributed by atoms with Gasteiger partial charge in [-0.1, -0.05) is 0 Å². The second kappa shape index (κ2) is 5.88. The van der Waals surface area contributed by atoms with Gasteiger partial charge in [0, 0.05) is 25.1 Å². The van der Waals surface area contributed by atoms with Crippen LogP contribution in [0.4, 0.5) is 0 Å². The number of fused-ring (bicyclic) bond motifs is 1. The van der Waals surface area contributed by atoms with Crippen LogP contribution in [0.5, 0.6) is 0 Å².